The summed E-state index contributed by atoms with van der Waals surface area (Å²) in [6.45, 7) is 0.617. The number of hydrogen-bond donors (Lipinski definition) is 2. The first-order valence-electron chi connectivity index (χ1n) is 8.84. The zero-order chi connectivity index (χ0) is 21.0. The van der Waals surface area contributed by atoms with E-state index in [9.17, 15) is 22.8 Å². The van der Waals surface area contributed by atoms with Crippen LogP contribution >= 0.6 is 0 Å². The molecule has 156 valence electrons. The van der Waals surface area contributed by atoms with Crippen molar-refractivity contribution in [2.75, 3.05) is 19.7 Å². The number of likely N-dealkylation sites (tertiary alicyclic amines) is 1. The van der Waals surface area contributed by atoms with Crippen LogP contribution in [0.4, 0.5) is 22.8 Å². The second kappa shape index (κ2) is 8.46. The molecule has 1 aromatic rings. The van der Waals surface area contributed by atoms with Gasteiger partial charge in [-0.3, -0.25) is 5.32 Å². The average molecular weight is 412 g/mol. The van der Waals surface area contributed by atoms with Crippen molar-refractivity contribution in [3.05, 3.63) is 53.9 Å². The van der Waals surface area contributed by atoms with Gasteiger partial charge in [-0.25, -0.2) is 9.59 Å². The Hall–Kier alpha value is -3.17. The summed E-state index contributed by atoms with van der Waals surface area (Å²) in [5.74, 6) is -1.67. The predicted molar refractivity (Wildman–Crippen MR) is 95.0 cm³/mol. The monoisotopic (exact) mass is 412 g/mol. The van der Waals surface area contributed by atoms with E-state index in [2.05, 4.69) is 5.32 Å². The number of alkyl halides is 3. The van der Waals surface area contributed by atoms with Gasteiger partial charge < -0.3 is 19.5 Å². The third-order valence-corrected chi connectivity index (χ3v) is 4.47. The van der Waals surface area contributed by atoms with Gasteiger partial charge in [0, 0.05) is 31.1 Å². The Morgan fingerprint density at radius 3 is 2.52 bits per heavy atom. The molecule has 3 rings (SSSR count). The third kappa shape index (κ3) is 5.66. The minimum absolute atomic E-state index is 0.0199. The average Bonchev–Trinajstić information content (AvgIpc) is 2.60. The SMILES string of the molecule is O=C(NC1=CC(OCC2CN(C(=O)O)C2)=CC(C(F)(F)F)C1)Oc1ccccc1. The van der Waals surface area contributed by atoms with Crippen LogP contribution in [0.1, 0.15) is 6.42 Å². The number of allylic oxidation sites excluding steroid dienone is 3. The Balaban J connectivity index is 1.60. The summed E-state index contributed by atoms with van der Waals surface area (Å²) in [6.07, 6.45) is -4.62. The van der Waals surface area contributed by atoms with E-state index in [1.807, 2.05) is 0 Å². The number of hydrogen-bond acceptors (Lipinski definition) is 4. The molecule has 1 aliphatic heterocycles. The molecule has 7 nitrogen and oxygen atoms in total. The van der Waals surface area contributed by atoms with Crippen LogP contribution in [0.15, 0.2) is 53.9 Å². The molecule has 29 heavy (non-hydrogen) atoms. The topological polar surface area (TPSA) is 88.1 Å². The summed E-state index contributed by atoms with van der Waals surface area (Å²) in [7, 11) is 0. The highest BCUT2D eigenvalue weighted by Crippen LogP contribution is 2.36. The van der Waals surface area contributed by atoms with Crippen molar-refractivity contribution in [1.29, 1.82) is 0 Å². The van der Waals surface area contributed by atoms with Crippen molar-refractivity contribution < 1.29 is 37.3 Å². The summed E-state index contributed by atoms with van der Waals surface area (Å²) in [4.78, 5) is 23.9. The van der Waals surface area contributed by atoms with Crippen molar-refractivity contribution in [2.45, 2.75) is 12.6 Å². The Bertz CT molecular complexity index is 817. The van der Waals surface area contributed by atoms with Gasteiger partial charge in [0.15, 0.2) is 0 Å². The number of nitrogens with zero attached hydrogens (tertiary/aromatic N) is 1. The fourth-order valence-electron chi connectivity index (χ4n) is 2.96. The van der Waals surface area contributed by atoms with E-state index in [1.54, 1.807) is 30.3 Å². The standard InChI is InChI=1S/C19H19F3N2O5/c20-19(21,22)13-6-14(23-17(25)29-15-4-2-1-3-5-15)8-16(7-13)28-11-12-9-24(10-12)18(26)27/h1-5,7-8,12-13H,6,9-11H2,(H,23,25)(H,26,27). The van der Waals surface area contributed by atoms with Gasteiger partial charge in [-0.15, -0.1) is 0 Å². The lowest BCUT2D eigenvalue weighted by atomic mass is 9.96. The largest absolute Gasteiger partial charge is 0.493 e. The normalized spacial score (nSPS) is 19.6. The molecule has 2 amide bonds. The molecule has 1 saturated heterocycles. The van der Waals surface area contributed by atoms with E-state index in [0.29, 0.717) is 0 Å². The van der Waals surface area contributed by atoms with Gasteiger partial charge in [-0.05, 0) is 24.3 Å². The molecule has 2 N–H and O–H groups in total. The van der Waals surface area contributed by atoms with Gasteiger partial charge in [-0.2, -0.15) is 13.2 Å². The van der Waals surface area contributed by atoms with Crippen LogP contribution in [0.5, 0.6) is 5.75 Å². The van der Waals surface area contributed by atoms with Crippen LogP contribution < -0.4 is 10.1 Å². The maximum absolute atomic E-state index is 13.2. The minimum Gasteiger partial charge on any atom is -0.493 e. The van der Waals surface area contributed by atoms with Crippen LogP contribution in [0.2, 0.25) is 0 Å². The molecule has 0 aromatic heterocycles. The molecule has 1 atom stereocenters. The maximum atomic E-state index is 13.2. The smallest absolute Gasteiger partial charge is 0.416 e. The molecular weight excluding hydrogens is 393 g/mol. The van der Waals surface area contributed by atoms with Gasteiger partial charge >= 0.3 is 18.4 Å². The van der Waals surface area contributed by atoms with Crippen molar-refractivity contribution in [1.82, 2.24) is 10.2 Å². The summed E-state index contributed by atoms with van der Waals surface area (Å²) in [5, 5.41) is 11.1. The molecule has 0 saturated carbocycles. The van der Waals surface area contributed by atoms with Crippen LogP contribution in [-0.4, -0.2) is 48.1 Å². The van der Waals surface area contributed by atoms with Crippen molar-refractivity contribution in [2.24, 2.45) is 11.8 Å². The number of halogens is 3. The number of benzene rings is 1. The van der Waals surface area contributed by atoms with Crippen LogP contribution in [0.3, 0.4) is 0 Å². The second-order valence-electron chi connectivity index (χ2n) is 6.78. The first-order valence-corrected chi connectivity index (χ1v) is 8.84. The molecule has 1 fully saturated rings. The van der Waals surface area contributed by atoms with Crippen LogP contribution in [-0.2, 0) is 4.74 Å². The lowest BCUT2D eigenvalue weighted by Crippen LogP contribution is -2.51. The number of rotatable bonds is 5. The lowest BCUT2D eigenvalue weighted by Gasteiger charge is -2.37. The van der Waals surface area contributed by atoms with E-state index >= 15 is 0 Å². The van der Waals surface area contributed by atoms with Gasteiger partial charge in [0.2, 0.25) is 0 Å². The van der Waals surface area contributed by atoms with E-state index in [-0.39, 0.29) is 42.8 Å². The summed E-state index contributed by atoms with van der Waals surface area (Å²) in [5.41, 5.74) is 0.0199. The molecule has 2 aliphatic rings. The van der Waals surface area contributed by atoms with Gasteiger partial charge in [0.05, 0.1) is 12.5 Å². The van der Waals surface area contributed by atoms with E-state index in [0.717, 1.165) is 6.08 Å². The molecule has 1 heterocycles. The summed E-state index contributed by atoms with van der Waals surface area (Å²) < 4.78 is 50.2. The molecule has 1 aromatic carbocycles. The van der Waals surface area contributed by atoms with E-state index in [1.165, 1.54) is 11.0 Å². The van der Waals surface area contributed by atoms with Gasteiger partial charge in [0.25, 0.3) is 0 Å². The number of para-hydroxylation sites is 1. The molecule has 0 spiro atoms. The zero-order valence-electron chi connectivity index (χ0n) is 15.2. The molecule has 10 heteroatoms. The number of carbonyl (C=O) groups excluding carboxylic acids is 1. The fourth-order valence-corrected chi connectivity index (χ4v) is 2.96. The quantitative estimate of drug-likeness (QED) is 0.769. The number of carboxylic acid groups (broad SMARTS) is 1. The zero-order valence-corrected chi connectivity index (χ0v) is 15.2. The Morgan fingerprint density at radius 1 is 1.21 bits per heavy atom. The number of nitrogens with one attached hydrogen (secondary N) is 1. The summed E-state index contributed by atoms with van der Waals surface area (Å²) >= 11 is 0. The highest BCUT2D eigenvalue weighted by atomic mass is 19.4. The lowest BCUT2D eigenvalue weighted by molar-refractivity contribution is -0.162. The predicted octanol–water partition coefficient (Wildman–Crippen LogP) is 3.75. The van der Waals surface area contributed by atoms with E-state index in [4.69, 9.17) is 14.6 Å². The Kier molecular flexibility index (Phi) is 6.00. The van der Waals surface area contributed by atoms with Crippen molar-refractivity contribution >= 4 is 12.2 Å². The number of ether oxygens (including phenoxy) is 2. The Morgan fingerprint density at radius 2 is 1.90 bits per heavy atom. The number of amides is 2. The fraction of sp³-hybridized carbons (Fsp3) is 0.368. The highest BCUT2D eigenvalue weighted by Gasteiger charge is 2.41. The molecule has 0 radical (unpaired) electrons. The molecule has 1 aliphatic carbocycles. The highest BCUT2D eigenvalue weighted by molar-refractivity contribution is 5.72. The summed E-state index contributed by atoms with van der Waals surface area (Å²) in [6, 6.07) is 8.13. The van der Waals surface area contributed by atoms with Crippen molar-refractivity contribution in [3.8, 4) is 5.75 Å². The second-order valence-corrected chi connectivity index (χ2v) is 6.78. The molecular formula is C19H19F3N2O5. The first kappa shape index (κ1) is 20.6. The Labute approximate surface area is 164 Å². The number of carbonyl (C=O) groups is 2. The third-order valence-electron chi connectivity index (χ3n) is 4.47. The van der Waals surface area contributed by atoms with Crippen LogP contribution in [0.25, 0.3) is 0 Å². The van der Waals surface area contributed by atoms with Crippen molar-refractivity contribution in [3.63, 3.8) is 0 Å². The van der Waals surface area contributed by atoms with Gasteiger partial charge in [-0.1, -0.05) is 18.2 Å². The van der Waals surface area contributed by atoms with Gasteiger partial charge in [0.1, 0.15) is 11.5 Å². The maximum Gasteiger partial charge on any atom is 0.416 e. The van der Waals surface area contributed by atoms with E-state index < -0.39 is 30.7 Å². The minimum atomic E-state index is -4.50. The molecule has 0 bridgehead atoms. The van der Waals surface area contributed by atoms with Crippen LogP contribution in [0, 0.1) is 11.8 Å². The molecule has 1 unspecified atom stereocenters. The first-order chi connectivity index (χ1) is 13.7.